The lowest BCUT2D eigenvalue weighted by molar-refractivity contribution is -0.127. The van der Waals surface area contributed by atoms with Crippen molar-refractivity contribution in [1.29, 1.82) is 0 Å². The van der Waals surface area contributed by atoms with Gasteiger partial charge in [0.1, 0.15) is 17.3 Å². The molecule has 0 saturated heterocycles. The highest BCUT2D eigenvalue weighted by molar-refractivity contribution is 5.93. The van der Waals surface area contributed by atoms with Gasteiger partial charge in [0.2, 0.25) is 17.7 Å². The van der Waals surface area contributed by atoms with Gasteiger partial charge >= 0.3 is 0 Å². The number of carbonyl (C=O) groups is 3. The van der Waals surface area contributed by atoms with Crippen LogP contribution in [0.5, 0.6) is 11.5 Å². The molecule has 0 aliphatic heterocycles. The Morgan fingerprint density at radius 2 is 1.32 bits per heavy atom. The van der Waals surface area contributed by atoms with E-state index in [2.05, 4.69) is 25.9 Å². The molecule has 0 unspecified atom stereocenters. The maximum absolute atomic E-state index is 12.6. The van der Waals surface area contributed by atoms with Crippen molar-refractivity contribution in [2.45, 2.75) is 39.2 Å². The van der Waals surface area contributed by atoms with Crippen LogP contribution in [-0.2, 0) is 14.4 Å². The van der Waals surface area contributed by atoms with E-state index in [0.29, 0.717) is 28.8 Å². The van der Waals surface area contributed by atoms with Crippen molar-refractivity contribution in [3.05, 3.63) is 54.6 Å². The van der Waals surface area contributed by atoms with E-state index < -0.39 is 11.4 Å². The molecular weight excluding hydrogens is 486 g/mol. The number of hydrogen-bond acceptors (Lipinski definition) is 7. The van der Waals surface area contributed by atoms with Gasteiger partial charge in [-0.05, 0) is 69.3 Å². The van der Waals surface area contributed by atoms with Crippen LogP contribution in [0.25, 0.3) is 22.6 Å². The lowest BCUT2D eigenvalue weighted by atomic mass is 10.1. The summed E-state index contributed by atoms with van der Waals surface area (Å²) in [6, 6.07) is 16.3. The minimum atomic E-state index is -0.398. The van der Waals surface area contributed by atoms with E-state index in [4.69, 9.17) is 9.47 Å². The number of amides is 3. The minimum Gasteiger partial charge on any atom is -0.497 e. The van der Waals surface area contributed by atoms with E-state index in [-0.39, 0.29) is 31.2 Å². The van der Waals surface area contributed by atoms with E-state index in [1.54, 1.807) is 32.4 Å². The molecular formula is C28H33N5O5. The fraction of sp³-hybridized carbons (Fsp3) is 0.321. The van der Waals surface area contributed by atoms with Gasteiger partial charge in [-0.1, -0.05) is 0 Å². The van der Waals surface area contributed by atoms with Crippen molar-refractivity contribution in [3.8, 4) is 34.1 Å². The first-order valence-corrected chi connectivity index (χ1v) is 12.1. The molecule has 200 valence electrons. The van der Waals surface area contributed by atoms with E-state index in [1.807, 2.05) is 57.2 Å². The number of aromatic nitrogens is 2. The third-order valence-corrected chi connectivity index (χ3v) is 5.27. The van der Waals surface area contributed by atoms with Crippen LogP contribution in [0.15, 0.2) is 54.6 Å². The second-order valence-corrected chi connectivity index (χ2v) is 9.54. The van der Waals surface area contributed by atoms with Crippen molar-refractivity contribution in [3.63, 3.8) is 0 Å². The number of rotatable bonds is 10. The Balaban J connectivity index is 1.72. The summed E-state index contributed by atoms with van der Waals surface area (Å²) in [4.78, 5) is 45.9. The normalized spacial score (nSPS) is 10.9. The van der Waals surface area contributed by atoms with Crippen molar-refractivity contribution >= 4 is 23.5 Å². The number of benzene rings is 2. The average molecular weight is 520 g/mol. The van der Waals surface area contributed by atoms with E-state index in [9.17, 15) is 14.4 Å². The second kappa shape index (κ2) is 12.7. The highest BCUT2D eigenvalue weighted by Crippen LogP contribution is 2.27. The number of nitrogens with one attached hydrogen (secondary N) is 3. The first-order chi connectivity index (χ1) is 18.1. The smallest absolute Gasteiger partial charge is 0.239 e. The van der Waals surface area contributed by atoms with Gasteiger partial charge in [0.15, 0.2) is 5.82 Å². The quantitative estimate of drug-likeness (QED) is 0.373. The van der Waals surface area contributed by atoms with Gasteiger partial charge in [0.25, 0.3) is 0 Å². The Bertz CT molecular complexity index is 1200. The Hall–Kier alpha value is -4.47. The van der Waals surface area contributed by atoms with Gasteiger partial charge in [-0.25, -0.2) is 9.97 Å². The first kappa shape index (κ1) is 28.1. The molecule has 0 aliphatic rings. The molecule has 10 nitrogen and oxygen atoms in total. The zero-order valence-corrected chi connectivity index (χ0v) is 22.3. The summed E-state index contributed by atoms with van der Waals surface area (Å²) in [5.74, 6) is 1.03. The third kappa shape index (κ3) is 8.58. The molecule has 3 rings (SSSR count). The number of carbonyl (C=O) groups excluding carboxylic acids is 3. The van der Waals surface area contributed by atoms with Gasteiger partial charge < -0.3 is 25.4 Å². The molecule has 0 spiro atoms. The Morgan fingerprint density at radius 3 is 1.87 bits per heavy atom. The fourth-order valence-corrected chi connectivity index (χ4v) is 3.45. The molecule has 0 aliphatic carbocycles. The summed E-state index contributed by atoms with van der Waals surface area (Å²) in [6.07, 6.45) is -0.150. The van der Waals surface area contributed by atoms with Crippen LogP contribution < -0.4 is 25.4 Å². The van der Waals surface area contributed by atoms with Gasteiger partial charge in [0.05, 0.1) is 26.5 Å². The molecule has 0 atom stereocenters. The molecule has 0 bridgehead atoms. The highest BCUT2D eigenvalue weighted by atomic mass is 16.5. The molecule has 0 fully saturated rings. The summed E-state index contributed by atoms with van der Waals surface area (Å²) in [5, 5.41) is 8.05. The van der Waals surface area contributed by atoms with Crippen molar-refractivity contribution in [2.75, 3.05) is 26.1 Å². The monoisotopic (exact) mass is 519 g/mol. The van der Waals surface area contributed by atoms with Crippen LogP contribution in [0.1, 0.15) is 33.6 Å². The number of nitrogens with zero attached hydrogens (tertiary/aromatic N) is 2. The largest absolute Gasteiger partial charge is 0.497 e. The summed E-state index contributed by atoms with van der Waals surface area (Å²) in [6.45, 7) is 5.40. The first-order valence-electron chi connectivity index (χ1n) is 12.1. The molecule has 1 aromatic heterocycles. The summed E-state index contributed by atoms with van der Waals surface area (Å²) < 4.78 is 10.5. The standard InChI is InChI=1S/C28H33N5O5/c1-28(2,3)33-26(36)17-29-24(34)14-15-25(35)31-23-16-22(18-6-10-20(37-4)11-7-18)30-27(32-23)19-8-12-21(38-5)13-9-19/h6-13,16H,14-15,17H2,1-5H3,(H,29,34)(H,33,36)(H,30,31,32,35). The van der Waals surface area contributed by atoms with Crippen molar-refractivity contribution in [2.24, 2.45) is 0 Å². The number of hydrogen-bond donors (Lipinski definition) is 3. The minimum absolute atomic E-state index is 0.0730. The van der Waals surface area contributed by atoms with Crippen LogP contribution in [0, 0.1) is 0 Å². The second-order valence-electron chi connectivity index (χ2n) is 9.54. The third-order valence-electron chi connectivity index (χ3n) is 5.27. The van der Waals surface area contributed by atoms with Gasteiger partial charge in [-0.2, -0.15) is 0 Å². The summed E-state index contributed by atoms with van der Waals surface area (Å²) in [7, 11) is 3.18. The summed E-state index contributed by atoms with van der Waals surface area (Å²) >= 11 is 0. The Labute approximate surface area is 222 Å². The number of methoxy groups -OCH3 is 2. The van der Waals surface area contributed by atoms with Gasteiger partial charge in [-0.15, -0.1) is 0 Å². The predicted molar refractivity (Wildman–Crippen MR) is 145 cm³/mol. The van der Waals surface area contributed by atoms with Crippen LogP contribution >= 0.6 is 0 Å². The molecule has 0 radical (unpaired) electrons. The molecule has 10 heteroatoms. The molecule has 0 saturated carbocycles. The van der Waals surface area contributed by atoms with Crippen LogP contribution in [0.4, 0.5) is 5.82 Å². The topological polar surface area (TPSA) is 132 Å². The average Bonchev–Trinajstić information content (AvgIpc) is 2.89. The maximum Gasteiger partial charge on any atom is 0.239 e. The molecule has 3 amide bonds. The van der Waals surface area contributed by atoms with E-state index in [0.717, 1.165) is 11.1 Å². The summed E-state index contributed by atoms with van der Waals surface area (Å²) in [5.41, 5.74) is 1.76. The molecule has 2 aromatic carbocycles. The SMILES string of the molecule is COc1ccc(-c2cc(NC(=O)CCC(=O)NCC(=O)NC(C)(C)C)nc(-c3ccc(OC)cc3)n2)cc1. The lowest BCUT2D eigenvalue weighted by Crippen LogP contribution is -2.45. The molecule has 3 N–H and O–H groups in total. The van der Waals surface area contributed by atoms with Crippen LogP contribution in [0.2, 0.25) is 0 Å². The lowest BCUT2D eigenvalue weighted by Gasteiger charge is -2.20. The van der Waals surface area contributed by atoms with Crippen LogP contribution in [-0.4, -0.2) is 54.0 Å². The highest BCUT2D eigenvalue weighted by Gasteiger charge is 2.16. The van der Waals surface area contributed by atoms with Gasteiger partial charge in [0, 0.05) is 35.6 Å². The van der Waals surface area contributed by atoms with Crippen LogP contribution in [0.3, 0.4) is 0 Å². The van der Waals surface area contributed by atoms with Gasteiger partial charge in [-0.3, -0.25) is 14.4 Å². The maximum atomic E-state index is 12.6. The van der Waals surface area contributed by atoms with E-state index in [1.165, 1.54) is 0 Å². The fourth-order valence-electron chi connectivity index (χ4n) is 3.45. The van der Waals surface area contributed by atoms with E-state index >= 15 is 0 Å². The molecule has 1 heterocycles. The zero-order valence-electron chi connectivity index (χ0n) is 22.3. The van der Waals surface area contributed by atoms with Crippen molar-refractivity contribution < 1.29 is 23.9 Å². The Morgan fingerprint density at radius 1 is 0.763 bits per heavy atom. The number of anilines is 1. The van der Waals surface area contributed by atoms with Crippen molar-refractivity contribution in [1.82, 2.24) is 20.6 Å². The molecule has 38 heavy (non-hydrogen) atoms. The zero-order chi connectivity index (χ0) is 27.7. The predicted octanol–water partition coefficient (Wildman–Crippen LogP) is 3.58. The number of ether oxygens (including phenoxy) is 2. The Kier molecular flexibility index (Phi) is 9.37. The molecule has 3 aromatic rings.